The molecule has 0 spiro atoms. The van der Waals surface area contributed by atoms with Gasteiger partial charge in [0.05, 0.1) is 11.6 Å². The summed E-state index contributed by atoms with van der Waals surface area (Å²) in [5.74, 6) is 0.530. The van der Waals surface area contributed by atoms with Gasteiger partial charge in [0.2, 0.25) is 0 Å². The molecule has 0 aliphatic carbocycles. The van der Waals surface area contributed by atoms with E-state index in [1.165, 1.54) is 0 Å². The Hall–Kier alpha value is -1.27. The van der Waals surface area contributed by atoms with Crippen LogP contribution in [-0.2, 0) is 0 Å². The van der Waals surface area contributed by atoms with E-state index in [0.29, 0.717) is 22.9 Å². The average Bonchev–Trinajstić information content (AvgIpc) is 2.42. The number of hydrogen-bond donors (Lipinski definition) is 1. The van der Waals surface area contributed by atoms with Crippen molar-refractivity contribution in [3.63, 3.8) is 0 Å². The molecule has 0 heterocycles. The summed E-state index contributed by atoms with van der Waals surface area (Å²) in [7, 11) is 0. The number of ether oxygens (including phenoxy) is 1. The van der Waals surface area contributed by atoms with Gasteiger partial charge in [0.15, 0.2) is 0 Å². The molecule has 0 saturated carbocycles. The Morgan fingerprint density at radius 3 is 2.80 bits per heavy atom. The molecule has 5 heteroatoms. The first-order chi connectivity index (χ1) is 9.60. The van der Waals surface area contributed by atoms with Crippen LogP contribution in [0.25, 0.3) is 0 Å². The maximum absolute atomic E-state index is 12.1. The maximum Gasteiger partial charge on any atom is 0.255 e. The van der Waals surface area contributed by atoms with Gasteiger partial charge in [0, 0.05) is 20.9 Å². The highest BCUT2D eigenvalue weighted by Crippen LogP contribution is 2.21. The molecule has 2 rings (SSSR count). The summed E-state index contributed by atoms with van der Waals surface area (Å²) < 4.78 is 6.31. The lowest BCUT2D eigenvalue weighted by molar-refractivity contribution is 0.102. The zero-order valence-electron chi connectivity index (χ0n) is 10.8. The Labute approximate surface area is 136 Å². The summed E-state index contributed by atoms with van der Waals surface area (Å²) in [6.45, 7) is 2.50. The van der Waals surface area contributed by atoms with Crippen molar-refractivity contribution in [2.75, 3.05) is 11.9 Å². The average molecular weight is 402 g/mol. The molecule has 20 heavy (non-hydrogen) atoms. The van der Waals surface area contributed by atoms with Gasteiger partial charge >= 0.3 is 0 Å². The third-order valence-corrected chi connectivity index (χ3v) is 4.16. The lowest BCUT2D eigenvalue weighted by Crippen LogP contribution is -2.12. The molecule has 0 unspecified atom stereocenters. The Bertz CT molecular complexity index is 631. The van der Waals surface area contributed by atoms with E-state index in [1.807, 2.05) is 31.2 Å². The minimum absolute atomic E-state index is 0.197. The molecule has 0 radical (unpaired) electrons. The maximum atomic E-state index is 12.1. The van der Waals surface area contributed by atoms with E-state index in [9.17, 15) is 4.79 Å². The van der Waals surface area contributed by atoms with Gasteiger partial charge in [-0.25, -0.2) is 0 Å². The number of hydrogen-bond acceptors (Lipinski definition) is 2. The number of halogens is 2. The molecule has 0 aromatic heterocycles. The van der Waals surface area contributed by atoms with Gasteiger partial charge in [0.25, 0.3) is 5.91 Å². The van der Waals surface area contributed by atoms with Crippen LogP contribution in [-0.4, -0.2) is 12.5 Å². The second-order valence-corrected chi connectivity index (χ2v) is 5.61. The summed E-state index contributed by atoms with van der Waals surface area (Å²) >= 11 is 8.14. The molecule has 2 aromatic carbocycles. The third kappa shape index (κ3) is 3.86. The predicted octanol–water partition coefficient (Wildman–Crippen LogP) is 4.60. The van der Waals surface area contributed by atoms with Crippen LogP contribution in [0.15, 0.2) is 42.5 Å². The molecule has 0 saturated heterocycles. The molecule has 104 valence electrons. The summed E-state index contributed by atoms with van der Waals surface area (Å²) in [6, 6.07) is 12.5. The van der Waals surface area contributed by atoms with Gasteiger partial charge in [-0.15, -0.1) is 0 Å². The van der Waals surface area contributed by atoms with Gasteiger partial charge in [-0.3, -0.25) is 4.79 Å². The van der Waals surface area contributed by atoms with Crippen LogP contribution < -0.4 is 10.1 Å². The lowest BCUT2D eigenvalue weighted by Gasteiger charge is -2.08. The molecule has 0 fully saturated rings. The molecule has 0 atom stereocenters. The second kappa shape index (κ2) is 6.95. The van der Waals surface area contributed by atoms with E-state index in [2.05, 4.69) is 27.9 Å². The second-order valence-electron chi connectivity index (χ2n) is 4.04. The standard InChI is InChI=1S/C15H13ClINO2/c1-2-20-12-5-3-4-11(9-12)18-15(19)10-6-7-14(17)13(16)8-10/h3-9H,2H2,1H3,(H,18,19). The van der Waals surface area contributed by atoms with Crippen molar-refractivity contribution in [1.82, 2.24) is 0 Å². The fraction of sp³-hybridized carbons (Fsp3) is 0.133. The molecule has 0 aliphatic heterocycles. The first-order valence-electron chi connectivity index (χ1n) is 6.09. The minimum atomic E-state index is -0.197. The van der Waals surface area contributed by atoms with E-state index in [0.717, 1.165) is 9.32 Å². The Balaban J connectivity index is 2.14. The van der Waals surface area contributed by atoms with E-state index in [-0.39, 0.29) is 5.91 Å². The molecule has 3 nitrogen and oxygen atoms in total. The van der Waals surface area contributed by atoms with Crippen molar-refractivity contribution in [2.45, 2.75) is 6.92 Å². The van der Waals surface area contributed by atoms with Crippen LogP contribution >= 0.6 is 34.2 Å². The fourth-order valence-electron chi connectivity index (χ4n) is 1.67. The van der Waals surface area contributed by atoms with E-state index in [4.69, 9.17) is 16.3 Å². The fourth-order valence-corrected chi connectivity index (χ4v) is 2.19. The highest BCUT2D eigenvalue weighted by Gasteiger charge is 2.08. The van der Waals surface area contributed by atoms with Crippen LogP contribution in [0, 0.1) is 3.57 Å². The first kappa shape index (κ1) is 15.1. The largest absolute Gasteiger partial charge is 0.494 e. The van der Waals surface area contributed by atoms with Crippen molar-refractivity contribution in [3.05, 3.63) is 56.6 Å². The minimum Gasteiger partial charge on any atom is -0.494 e. The smallest absolute Gasteiger partial charge is 0.255 e. The van der Waals surface area contributed by atoms with Gasteiger partial charge < -0.3 is 10.1 Å². The molecule has 1 amide bonds. The predicted molar refractivity (Wildman–Crippen MR) is 89.7 cm³/mol. The number of anilines is 1. The van der Waals surface area contributed by atoms with Crippen LogP contribution in [0.5, 0.6) is 5.75 Å². The van der Waals surface area contributed by atoms with Crippen molar-refractivity contribution in [2.24, 2.45) is 0 Å². The highest BCUT2D eigenvalue weighted by atomic mass is 127. The monoisotopic (exact) mass is 401 g/mol. The summed E-state index contributed by atoms with van der Waals surface area (Å²) in [6.07, 6.45) is 0. The number of benzene rings is 2. The quantitative estimate of drug-likeness (QED) is 0.761. The SMILES string of the molecule is CCOc1cccc(NC(=O)c2ccc(I)c(Cl)c2)c1. The molecule has 0 aliphatic rings. The van der Waals surface area contributed by atoms with Crippen LogP contribution in [0.1, 0.15) is 17.3 Å². The van der Waals surface area contributed by atoms with E-state index >= 15 is 0 Å². The molecular weight excluding hydrogens is 389 g/mol. The Kier molecular flexibility index (Phi) is 5.25. The van der Waals surface area contributed by atoms with Crippen molar-refractivity contribution in [3.8, 4) is 5.75 Å². The van der Waals surface area contributed by atoms with Gasteiger partial charge in [-0.2, -0.15) is 0 Å². The number of carbonyl (C=O) groups excluding carboxylic acids is 1. The summed E-state index contributed by atoms with van der Waals surface area (Å²) in [5, 5.41) is 3.39. The number of amides is 1. The van der Waals surface area contributed by atoms with Crippen LogP contribution in [0.2, 0.25) is 5.02 Å². The van der Waals surface area contributed by atoms with E-state index < -0.39 is 0 Å². The molecule has 1 N–H and O–H groups in total. The van der Waals surface area contributed by atoms with Crippen molar-refractivity contribution < 1.29 is 9.53 Å². The normalized spacial score (nSPS) is 10.2. The molecular formula is C15H13ClINO2. The van der Waals surface area contributed by atoms with Crippen molar-refractivity contribution >= 4 is 45.8 Å². The molecule has 0 bridgehead atoms. The van der Waals surface area contributed by atoms with E-state index in [1.54, 1.807) is 18.2 Å². The number of rotatable bonds is 4. The Morgan fingerprint density at radius 1 is 1.30 bits per heavy atom. The lowest BCUT2D eigenvalue weighted by atomic mass is 10.2. The van der Waals surface area contributed by atoms with Gasteiger partial charge in [-0.1, -0.05) is 17.7 Å². The topological polar surface area (TPSA) is 38.3 Å². The van der Waals surface area contributed by atoms with Crippen LogP contribution in [0.4, 0.5) is 5.69 Å². The number of carbonyl (C=O) groups is 1. The van der Waals surface area contributed by atoms with Crippen molar-refractivity contribution in [1.29, 1.82) is 0 Å². The zero-order valence-corrected chi connectivity index (χ0v) is 13.7. The summed E-state index contributed by atoms with van der Waals surface area (Å²) in [4.78, 5) is 12.1. The molecule has 2 aromatic rings. The zero-order chi connectivity index (χ0) is 14.5. The van der Waals surface area contributed by atoms with Crippen LogP contribution in [0.3, 0.4) is 0 Å². The number of nitrogens with one attached hydrogen (secondary N) is 1. The first-order valence-corrected chi connectivity index (χ1v) is 7.55. The summed E-state index contributed by atoms with van der Waals surface area (Å²) in [5.41, 5.74) is 1.22. The van der Waals surface area contributed by atoms with Gasteiger partial charge in [-0.05, 0) is 59.8 Å². The Morgan fingerprint density at radius 2 is 2.10 bits per heavy atom. The van der Waals surface area contributed by atoms with Gasteiger partial charge in [0.1, 0.15) is 5.75 Å². The highest BCUT2D eigenvalue weighted by molar-refractivity contribution is 14.1. The third-order valence-electron chi connectivity index (χ3n) is 2.58.